The molecule has 3 atom stereocenters. The van der Waals surface area contributed by atoms with Crippen LogP contribution in [0.25, 0.3) is 0 Å². The highest BCUT2D eigenvalue weighted by Crippen LogP contribution is 2.48. The summed E-state index contributed by atoms with van der Waals surface area (Å²) in [5, 5.41) is 6.79. The zero-order valence-electron chi connectivity index (χ0n) is 20.8. The molecule has 1 fully saturated rings. The quantitative estimate of drug-likeness (QED) is 0.230. The third kappa shape index (κ3) is 6.08. The summed E-state index contributed by atoms with van der Waals surface area (Å²) in [5.41, 5.74) is 10.3. The fraction of sp³-hybridized carbons (Fsp3) is 0.240. The predicted octanol–water partition coefficient (Wildman–Crippen LogP) is 2.21. The molecule has 1 aliphatic heterocycles. The molecule has 0 radical (unpaired) electrons. The molecule has 3 aromatic rings. The van der Waals surface area contributed by atoms with Crippen LogP contribution in [0.3, 0.4) is 0 Å². The molecule has 0 aromatic heterocycles. The van der Waals surface area contributed by atoms with Gasteiger partial charge in [0.2, 0.25) is 15.8 Å². The van der Waals surface area contributed by atoms with Gasteiger partial charge in [-0.25, -0.2) is 23.4 Å². The van der Waals surface area contributed by atoms with Crippen LogP contribution in [0.15, 0.2) is 88.8 Å². The predicted molar refractivity (Wildman–Crippen MR) is 148 cm³/mol. The Labute approximate surface area is 231 Å². The Morgan fingerprint density at radius 1 is 1.10 bits per heavy atom. The van der Waals surface area contributed by atoms with Crippen molar-refractivity contribution in [1.29, 1.82) is 0 Å². The number of guanidine groups is 1. The van der Waals surface area contributed by atoms with Crippen molar-refractivity contribution in [2.75, 3.05) is 13.1 Å². The molecule has 10 nitrogen and oxygen atoms in total. The van der Waals surface area contributed by atoms with E-state index in [1.807, 2.05) is 6.07 Å². The highest BCUT2D eigenvalue weighted by molar-refractivity contribution is 7.92. The SMILES string of the molecule is C[C@H](CN=C(N)N1CC(c2ccccc2)C(c2ccc(F)cc2)(S(=O)(=O)c2ccc(Cl)cc2)N1)NS(N)(=O)=O. The number of hydrazine groups is 1. The lowest BCUT2D eigenvalue weighted by Crippen LogP contribution is -2.54. The lowest BCUT2D eigenvalue weighted by molar-refractivity contribution is 0.335. The lowest BCUT2D eigenvalue weighted by atomic mass is 9.88. The molecule has 0 saturated carbocycles. The number of aliphatic imine (C=N–C) groups is 1. The number of nitrogens with two attached hydrogens (primary N) is 2. The van der Waals surface area contributed by atoms with Crippen molar-refractivity contribution < 1.29 is 21.2 Å². The molecule has 1 aliphatic rings. The number of benzene rings is 3. The van der Waals surface area contributed by atoms with Gasteiger partial charge in [0, 0.05) is 23.5 Å². The summed E-state index contributed by atoms with van der Waals surface area (Å²) in [7, 11) is -8.21. The first kappa shape index (κ1) is 28.9. The Morgan fingerprint density at radius 2 is 1.72 bits per heavy atom. The maximum atomic E-state index is 14.5. The fourth-order valence-electron chi connectivity index (χ4n) is 4.61. The van der Waals surface area contributed by atoms with Gasteiger partial charge >= 0.3 is 0 Å². The van der Waals surface area contributed by atoms with Gasteiger partial charge in [-0.3, -0.25) is 10.0 Å². The largest absolute Gasteiger partial charge is 0.369 e. The van der Waals surface area contributed by atoms with E-state index in [0.29, 0.717) is 10.6 Å². The van der Waals surface area contributed by atoms with E-state index in [4.69, 9.17) is 22.5 Å². The molecule has 2 unspecified atom stereocenters. The summed E-state index contributed by atoms with van der Waals surface area (Å²) in [6.07, 6.45) is 0. The van der Waals surface area contributed by atoms with Gasteiger partial charge in [-0.05, 0) is 54.4 Å². The van der Waals surface area contributed by atoms with E-state index in [1.54, 1.807) is 31.2 Å². The first-order valence-corrected chi connectivity index (χ1v) is 15.2. The maximum Gasteiger partial charge on any atom is 0.274 e. The minimum absolute atomic E-state index is 0.00649. The second-order valence-corrected chi connectivity index (χ2v) is 13.0. The van der Waals surface area contributed by atoms with Gasteiger partial charge < -0.3 is 5.73 Å². The Kier molecular flexibility index (Phi) is 8.30. The van der Waals surface area contributed by atoms with Crippen molar-refractivity contribution in [3.05, 3.63) is 101 Å². The molecule has 208 valence electrons. The number of halogens is 2. The van der Waals surface area contributed by atoms with Crippen molar-refractivity contribution in [1.82, 2.24) is 15.2 Å². The first-order chi connectivity index (χ1) is 18.3. The summed E-state index contributed by atoms with van der Waals surface area (Å²) in [6.45, 7) is 1.56. The number of rotatable bonds is 8. The van der Waals surface area contributed by atoms with E-state index in [2.05, 4.69) is 15.1 Å². The molecular weight excluding hydrogens is 567 g/mol. The smallest absolute Gasteiger partial charge is 0.274 e. The van der Waals surface area contributed by atoms with Crippen LogP contribution in [-0.2, 0) is 24.9 Å². The average Bonchev–Trinajstić information content (AvgIpc) is 3.30. The second-order valence-electron chi connectivity index (χ2n) is 9.15. The van der Waals surface area contributed by atoms with Crippen molar-refractivity contribution in [3.63, 3.8) is 0 Å². The molecule has 39 heavy (non-hydrogen) atoms. The molecule has 0 aliphatic carbocycles. The number of hydrogen-bond donors (Lipinski definition) is 4. The molecule has 1 saturated heterocycles. The van der Waals surface area contributed by atoms with Crippen LogP contribution < -0.4 is 21.0 Å². The van der Waals surface area contributed by atoms with Crippen LogP contribution in [0.2, 0.25) is 5.02 Å². The monoisotopic (exact) mass is 594 g/mol. The first-order valence-electron chi connectivity index (χ1n) is 11.8. The number of hydrogen-bond acceptors (Lipinski definition) is 6. The van der Waals surface area contributed by atoms with E-state index >= 15 is 0 Å². The summed E-state index contributed by atoms with van der Waals surface area (Å²) in [5.74, 6) is -1.34. The second kappa shape index (κ2) is 11.2. The van der Waals surface area contributed by atoms with Gasteiger partial charge in [0.15, 0.2) is 4.87 Å². The third-order valence-electron chi connectivity index (χ3n) is 6.35. The number of nitrogens with one attached hydrogen (secondary N) is 2. The van der Waals surface area contributed by atoms with E-state index in [1.165, 1.54) is 53.5 Å². The van der Waals surface area contributed by atoms with Gasteiger partial charge in [0.25, 0.3) is 10.2 Å². The van der Waals surface area contributed by atoms with Crippen LogP contribution in [0.4, 0.5) is 4.39 Å². The normalized spacial score (nSPS) is 21.2. The molecular formula is C25H28ClFN6O4S2. The average molecular weight is 595 g/mol. The molecule has 3 aromatic carbocycles. The standard InChI is InChI=1S/C25H28ClFN6O4S2/c1-17(31-39(29,36)37)15-30-24(28)33-16-23(18-5-3-2-4-6-18)25(32-33,19-7-11-21(27)12-8-19)38(34,35)22-13-9-20(26)10-14-22/h2-14,17,23,31-32H,15-16H2,1H3,(H2,28,30)(H2,29,36,37)/t17-,23?,25?/m1/s1. The van der Waals surface area contributed by atoms with Gasteiger partial charge in [-0.15, -0.1) is 0 Å². The Bertz CT molecular complexity index is 1560. The Balaban J connectivity index is 1.87. The molecule has 0 bridgehead atoms. The Hall–Kier alpha value is -3.07. The number of sulfone groups is 1. The van der Waals surface area contributed by atoms with Crippen molar-refractivity contribution in [3.8, 4) is 0 Å². The van der Waals surface area contributed by atoms with Crippen LogP contribution in [0.1, 0.15) is 24.0 Å². The third-order valence-corrected chi connectivity index (χ3v) is 9.68. The maximum absolute atomic E-state index is 14.5. The van der Waals surface area contributed by atoms with Crippen LogP contribution in [0, 0.1) is 5.82 Å². The minimum atomic E-state index is -4.25. The molecule has 1 heterocycles. The molecule has 6 N–H and O–H groups in total. The van der Waals surface area contributed by atoms with Gasteiger partial charge in [-0.2, -0.15) is 13.1 Å². The van der Waals surface area contributed by atoms with Gasteiger partial charge in [0.1, 0.15) is 5.82 Å². The van der Waals surface area contributed by atoms with E-state index in [9.17, 15) is 21.2 Å². The lowest BCUT2D eigenvalue weighted by Gasteiger charge is -2.35. The summed E-state index contributed by atoms with van der Waals surface area (Å²) < 4.78 is 67.9. The Morgan fingerprint density at radius 3 is 2.31 bits per heavy atom. The zero-order chi connectivity index (χ0) is 28.4. The van der Waals surface area contributed by atoms with Gasteiger partial charge in [-0.1, -0.05) is 54.1 Å². The molecule has 4 rings (SSSR count). The topological polar surface area (TPSA) is 160 Å². The fourth-order valence-corrected chi connectivity index (χ4v) is 7.50. The van der Waals surface area contributed by atoms with Crippen molar-refractivity contribution in [2.45, 2.75) is 28.6 Å². The van der Waals surface area contributed by atoms with Crippen LogP contribution in [0.5, 0.6) is 0 Å². The zero-order valence-corrected chi connectivity index (χ0v) is 23.2. The van der Waals surface area contributed by atoms with Crippen LogP contribution in [-0.4, -0.2) is 46.9 Å². The van der Waals surface area contributed by atoms with Gasteiger partial charge in [0.05, 0.1) is 11.4 Å². The van der Waals surface area contributed by atoms with E-state index in [0.717, 1.165) is 0 Å². The summed E-state index contributed by atoms with van der Waals surface area (Å²) in [4.78, 5) is 2.42. The van der Waals surface area contributed by atoms with Crippen molar-refractivity contribution >= 4 is 37.6 Å². The van der Waals surface area contributed by atoms with E-state index < -0.39 is 42.7 Å². The number of nitrogens with zero attached hydrogens (tertiary/aromatic N) is 2. The summed E-state index contributed by atoms with van der Waals surface area (Å²) >= 11 is 6.04. The molecule has 0 amide bonds. The summed E-state index contributed by atoms with van der Waals surface area (Å²) in [6, 6.07) is 19.3. The van der Waals surface area contributed by atoms with Crippen LogP contribution >= 0.6 is 11.6 Å². The highest BCUT2D eigenvalue weighted by atomic mass is 35.5. The van der Waals surface area contributed by atoms with Crippen molar-refractivity contribution in [2.24, 2.45) is 15.9 Å². The molecule has 0 spiro atoms. The molecule has 14 heteroatoms. The minimum Gasteiger partial charge on any atom is -0.369 e. The van der Waals surface area contributed by atoms with E-state index in [-0.39, 0.29) is 29.5 Å². The highest BCUT2D eigenvalue weighted by Gasteiger charge is 2.58.